The van der Waals surface area contributed by atoms with E-state index in [1.807, 2.05) is 61.3 Å². The standard InChI is InChI=1S/C33H47NO4S2/c1-23-11-9-10-14-27(23)29-19-26(15-16-28(29)31(35)34-30(32(36)37)17-18-39-5)21-38-24(2)22-40-33(3,4)20-25-12-7-6-8-13-25/h9-11,14-16,19,24-25,30H,6-8,12-13,17-18,20-22H2,1-5H3,(H,34,35)(H,36,37). The SMILES string of the molecule is CSCCC(NC(=O)c1ccc(COC(C)CSC(C)(C)CC2CCCCC2)cc1-c1ccccc1C)C(=O)O. The summed E-state index contributed by atoms with van der Waals surface area (Å²) in [5.74, 6) is 1.08. The zero-order valence-corrected chi connectivity index (χ0v) is 26.5. The Morgan fingerprint density at radius 3 is 2.50 bits per heavy atom. The highest BCUT2D eigenvalue weighted by molar-refractivity contribution is 8.00. The lowest BCUT2D eigenvalue weighted by Gasteiger charge is -2.32. The number of hydrogen-bond donors (Lipinski definition) is 2. The van der Waals surface area contributed by atoms with Gasteiger partial charge in [0, 0.05) is 16.1 Å². The van der Waals surface area contributed by atoms with Crippen molar-refractivity contribution in [2.24, 2.45) is 5.92 Å². The summed E-state index contributed by atoms with van der Waals surface area (Å²) >= 11 is 3.57. The van der Waals surface area contributed by atoms with E-state index in [1.165, 1.54) is 38.5 Å². The molecule has 5 nitrogen and oxygen atoms in total. The molecule has 0 radical (unpaired) electrons. The number of carbonyl (C=O) groups is 2. The Morgan fingerprint density at radius 2 is 1.82 bits per heavy atom. The molecule has 0 aliphatic heterocycles. The number of aliphatic carboxylic acids is 1. The minimum Gasteiger partial charge on any atom is -0.480 e. The number of carbonyl (C=O) groups excluding carboxylic acids is 1. The summed E-state index contributed by atoms with van der Waals surface area (Å²) in [6, 6.07) is 12.8. The molecular weight excluding hydrogens is 539 g/mol. The van der Waals surface area contributed by atoms with Crippen LogP contribution in [-0.2, 0) is 16.1 Å². The lowest BCUT2D eigenvalue weighted by Crippen LogP contribution is -2.41. The van der Waals surface area contributed by atoms with Gasteiger partial charge in [-0.3, -0.25) is 4.79 Å². The van der Waals surface area contributed by atoms with E-state index in [-0.39, 0.29) is 16.8 Å². The molecule has 0 saturated heterocycles. The molecule has 0 bridgehead atoms. The third kappa shape index (κ3) is 10.1. The molecule has 0 heterocycles. The van der Waals surface area contributed by atoms with Crippen molar-refractivity contribution in [2.45, 2.75) is 96.1 Å². The maximum Gasteiger partial charge on any atom is 0.326 e. The molecule has 1 aliphatic carbocycles. The minimum absolute atomic E-state index is 0.105. The van der Waals surface area contributed by atoms with Crippen LogP contribution in [0.25, 0.3) is 11.1 Å². The first kappa shape index (κ1) is 32.6. The van der Waals surface area contributed by atoms with Gasteiger partial charge in [0.15, 0.2) is 0 Å². The number of ether oxygens (including phenoxy) is 1. The summed E-state index contributed by atoms with van der Waals surface area (Å²) in [5, 5.41) is 12.4. The van der Waals surface area contributed by atoms with Crippen LogP contribution < -0.4 is 5.32 Å². The van der Waals surface area contributed by atoms with E-state index in [0.29, 0.717) is 24.3 Å². The van der Waals surface area contributed by atoms with Crippen molar-refractivity contribution in [2.75, 3.05) is 17.8 Å². The van der Waals surface area contributed by atoms with Crippen molar-refractivity contribution in [1.29, 1.82) is 0 Å². The van der Waals surface area contributed by atoms with Crippen molar-refractivity contribution in [3.63, 3.8) is 0 Å². The van der Waals surface area contributed by atoms with E-state index in [2.05, 4.69) is 26.1 Å². The Bertz CT molecular complexity index is 1110. The van der Waals surface area contributed by atoms with E-state index in [1.54, 1.807) is 17.8 Å². The third-order valence-electron chi connectivity index (χ3n) is 7.73. The first-order valence-corrected chi connectivity index (χ1v) is 16.9. The normalized spacial score (nSPS) is 15.9. The highest BCUT2D eigenvalue weighted by atomic mass is 32.2. The molecule has 1 aliphatic rings. The van der Waals surface area contributed by atoms with Crippen LogP contribution in [0, 0.1) is 12.8 Å². The molecule has 40 heavy (non-hydrogen) atoms. The van der Waals surface area contributed by atoms with Gasteiger partial charge in [0.2, 0.25) is 0 Å². The number of amides is 1. The van der Waals surface area contributed by atoms with Crippen LogP contribution in [0.5, 0.6) is 0 Å². The zero-order chi connectivity index (χ0) is 29.1. The predicted octanol–water partition coefficient (Wildman–Crippen LogP) is 7.99. The highest BCUT2D eigenvalue weighted by Crippen LogP contribution is 2.38. The third-order valence-corrected chi connectivity index (χ3v) is 9.95. The lowest BCUT2D eigenvalue weighted by atomic mass is 9.83. The van der Waals surface area contributed by atoms with Crippen molar-refractivity contribution < 1.29 is 19.4 Å². The van der Waals surface area contributed by atoms with Crippen molar-refractivity contribution in [3.8, 4) is 11.1 Å². The van der Waals surface area contributed by atoms with Gasteiger partial charge in [-0.25, -0.2) is 4.79 Å². The van der Waals surface area contributed by atoms with Crippen LogP contribution in [0.4, 0.5) is 0 Å². The van der Waals surface area contributed by atoms with Gasteiger partial charge < -0.3 is 15.2 Å². The monoisotopic (exact) mass is 585 g/mol. The van der Waals surface area contributed by atoms with Gasteiger partial charge in [-0.15, -0.1) is 0 Å². The molecule has 1 amide bonds. The summed E-state index contributed by atoms with van der Waals surface area (Å²) in [6.07, 6.45) is 10.6. The van der Waals surface area contributed by atoms with E-state index >= 15 is 0 Å². The fourth-order valence-electron chi connectivity index (χ4n) is 5.48. The Kier molecular flexibility index (Phi) is 12.9. The Balaban J connectivity index is 1.68. The fraction of sp³-hybridized carbons (Fsp3) is 0.576. The van der Waals surface area contributed by atoms with Gasteiger partial charge >= 0.3 is 5.97 Å². The Morgan fingerprint density at radius 1 is 1.10 bits per heavy atom. The molecule has 0 aromatic heterocycles. The topological polar surface area (TPSA) is 75.6 Å². The van der Waals surface area contributed by atoms with Crippen LogP contribution in [0.2, 0.25) is 0 Å². The molecule has 2 unspecified atom stereocenters. The first-order chi connectivity index (χ1) is 19.1. The number of thioether (sulfide) groups is 2. The number of nitrogens with one attached hydrogen (secondary N) is 1. The van der Waals surface area contributed by atoms with Crippen molar-refractivity contribution in [3.05, 3.63) is 59.2 Å². The van der Waals surface area contributed by atoms with Crippen LogP contribution in [0.3, 0.4) is 0 Å². The second-order valence-corrected chi connectivity index (χ2v) is 14.5. The van der Waals surface area contributed by atoms with Crippen LogP contribution in [-0.4, -0.2) is 51.6 Å². The molecule has 0 spiro atoms. The largest absolute Gasteiger partial charge is 0.480 e. The molecule has 2 aromatic rings. The highest BCUT2D eigenvalue weighted by Gasteiger charge is 2.26. The minimum atomic E-state index is -1.02. The quantitative estimate of drug-likeness (QED) is 0.221. The second-order valence-electron chi connectivity index (χ2n) is 11.7. The maximum absolute atomic E-state index is 13.3. The summed E-state index contributed by atoms with van der Waals surface area (Å²) in [6.45, 7) is 9.35. The van der Waals surface area contributed by atoms with Crippen molar-refractivity contribution >= 4 is 35.4 Å². The first-order valence-electron chi connectivity index (χ1n) is 14.6. The number of aryl methyl sites for hydroxylation is 1. The number of rotatable bonds is 15. The maximum atomic E-state index is 13.3. The molecule has 1 fully saturated rings. The summed E-state index contributed by atoms with van der Waals surface area (Å²) in [7, 11) is 0. The Labute approximate surface area is 249 Å². The van der Waals surface area contributed by atoms with Gasteiger partial charge in [-0.05, 0) is 79.0 Å². The Hall–Kier alpha value is -1.96. The van der Waals surface area contributed by atoms with Crippen LogP contribution in [0.1, 0.15) is 87.2 Å². The van der Waals surface area contributed by atoms with E-state index in [9.17, 15) is 14.7 Å². The van der Waals surface area contributed by atoms with Gasteiger partial charge in [0.1, 0.15) is 6.04 Å². The molecule has 7 heteroatoms. The van der Waals surface area contributed by atoms with Crippen LogP contribution >= 0.6 is 23.5 Å². The second kappa shape index (κ2) is 15.9. The molecular formula is C33H47NO4S2. The predicted molar refractivity (Wildman–Crippen MR) is 170 cm³/mol. The molecule has 2 N–H and O–H groups in total. The lowest BCUT2D eigenvalue weighted by molar-refractivity contribution is -0.139. The van der Waals surface area contributed by atoms with E-state index in [0.717, 1.165) is 33.9 Å². The number of carboxylic acid groups (broad SMARTS) is 1. The smallest absolute Gasteiger partial charge is 0.326 e. The summed E-state index contributed by atoms with van der Waals surface area (Å²) in [4.78, 5) is 25.1. The van der Waals surface area contributed by atoms with Gasteiger partial charge in [-0.1, -0.05) is 76.3 Å². The van der Waals surface area contributed by atoms with E-state index in [4.69, 9.17) is 4.74 Å². The number of carboxylic acids is 1. The average Bonchev–Trinajstić information content (AvgIpc) is 2.93. The fourth-order valence-corrected chi connectivity index (χ4v) is 7.09. The summed E-state index contributed by atoms with van der Waals surface area (Å²) < 4.78 is 6.52. The number of benzene rings is 2. The molecule has 2 aromatic carbocycles. The molecule has 3 rings (SSSR count). The van der Waals surface area contributed by atoms with Gasteiger partial charge in [-0.2, -0.15) is 23.5 Å². The summed E-state index contributed by atoms with van der Waals surface area (Å²) in [5.41, 5.74) is 4.27. The van der Waals surface area contributed by atoms with Crippen LogP contribution in [0.15, 0.2) is 42.5 Å². The van der Waals surface area contributed by atoms with Crippen molar-refractivity contribution in [1.82, 2.24) is 5.32 Å². The van der Waals surface area contributed by atoms with Gasteiger partial charge in [0.25, 0.3) is 5.91 Å². The zero-order valence-electron chi connectivity index (χ0n) is 24.8. The van der Waals surface area contributed by atoms with Gasteiger partial charge in [0.05, 0.1) is 12.7 Å². The molecule has 220 valence electrons. The molecule has 2 atom stereocenters. The van der Waals surface area contributed by atoms with E-state index < -0.39 is 12.0 Å². The number of hydrogen-bond acceptors (Lipinski definition) is 5. The average molecular weight is 586 g/mol. The molecule has 1 saturated carbocycles.